The van der Waals surface area contributed by atoms with Gasteiger partial charge in [-0.05, 0) is 5.56 Å². The van der Waals surface area contributed by atoms with Crippen LogP contribution in [0.4, 0.5) is 0 Å². The van der Waals surface area contributed by atoms with Gasteiger partial charge in [-0.2, -0.15) is 0 Å². The molecule has 2 aromatic rings. The van der Waals surface area contributed by atoms with Gasteiger partial charge in [0.2, 0.25) is 0 Å². The van der Waals surface area contributed by atoms with Crippen LogP contribution in [0.15, 0.2) is 34.9 Å². The fourth-order valence-electron chi connectivity index (χ4n) is 2.18. The lowest BCUT2D eigenvalue weighted by Crippen LogP contribution is -2.28. The van der Waals surface area contributed by atoms with Gasteiger partial charge in [-0.15, -0.1) is 0 Å². The summed E-state index contributed by atoms with van der Waals surface area (Å²) in [5.41, 5.74) is 2.35. The van der Waals surface area contributed by atoms with Crippen molar-refractivity contribution in [1.29, 1.82) is 0 Å². The summed E-state index contributed by atoms with van der Waals surface area (Å²) < 4.78 is 5.21. The first-order valence-electron chi connectivity index (χ1n) is 6.35. The first-order valence-corrected chi connectivity index (χ1v) is 6.35. The number of benzene rings is 1. The molecule has 0 spiro atoms. The Morgan fingerprint density at radius 1 is 1.37 bits per heavy atom. The summed E-state index contributed by atoms with van der Waals surface area (Å²) in [6.45, 7) is 2.01. The topological polar surface area (TPSA) is 67.2 Å². The summed E-state index contributed by atoms with van der Waals surface area (Å²) >= 11 is 0. The zero-order valence-electron chi connectivity index (χ0n) is 10.5. The molecule has 5 nitrogen and oxygen atoms in total. The summed E-state index contributed by atoms with van der Waals surface area (Å²) in [4.78, 5) is 12.1. The van der Waals surface area contributed by atoms with Crippen molar-refractivity contribution in [3.63, 3.8) is 0 Å². The lowest BCUT2D eigenvalue weighted by Gasteiger charge is -2.11. The molecular formula is C14H15N3O2. The highest BCUT2D eigenvalue weighted by molar-refractivity contribution is 5.93. The Balaban J connectivity index is 1.69. The highest BCUT2D eigenvalue weighted by Crippen LogP contribution is 2.17. The molecule has 0 unspecified atom stereocenters. The molecule has 1 aromatic carbocycles. The molecule has 98 valence electrons. The van der Waals surface area contributed by atoms with Gasteiger partial charge < -0.3 is 15.2 Å². The van der Waals surface area contributed by atoms with E-state index in [4.69, 9.17) is 4.52 Å². The lowest BCUT2D eigenvalue weighted by atomic mass is 10.1. The standard InChI is InChI=1S/C14H15N3O2/c18-14(16-8-10-4-2-1-3-5-10)13-11-9-15-7-6-12(11)19-17-13/h1-5,15H,6-9H2,(H,16,18). The van der Waals surface area contributed by atoms with Gasteiger partial charge >= 0.3 is 0 Å². The van der Waals surface area contributed by atoms with Crippen LogP contribution in [0.5, 0.6) is 0 Å². The van der Waals surface area contributed by atoms with Crippen LogP contribution in [0, 0.1) is 0 Å². The lowest BCUT2D eigenvalue weighted by molar-refractivity contribution is 0.0941. The number of carbonyl (C=O) groups is 1. The number of carbonyl (C=O) groups excluding carboxylic acids is 1. The molecule has 0 saturated carbocycles. The number of amides is 1. The van der Waals surface area contributed by atoms with Crippen molar-refractivity contribution < 1.29 is 9.32 Å². The van der Waals surface area contributed by atoms with Gasteiger partial charge in [-0.3, -0.25) is 4.79 Å². The molecule has 1 aliphatic rings. The van der Waals surface area contributed by atoms with E-state index in [0.717, 1.165) is 29.9 Å². The third-order valence-electron chi connectivity index (χ3n) is 3.21. The molecule has 0 saturated heterocycles. The Bertz CT molecular complexity index is 578. The van der Waals surface area contributed by atoms with Crippen molar-refractivity contribution in [2.45, 2.75) is 19.5 Å². The van der Waals surface area contributed by atoms with Crippen LogP contribution in [0.3, 0.4) is 0 Å². The van der Waals surface area contributed by atoms with Gasteiger partial charge in [0.1, 0.15) is 5.76 Å². The molecule has 0 aliphatic carbocycles. The predicted octanol–water partition coefficient (Wildman–Crippen LogP) is 1.25. The van der Waals surface area contributed by atoms with Crippen LogP contribution in [0.1, 0.15) is 27.4 Å². The van der Waals surface area contributed by atoms with Crippen LogP contribution in [0.25, 0.3) is 0 Å². The number of fused-ring (bicyclic) bond motifs is 1. The molecule has 3 rings (SSSR count). The maximum Gasteiger partial charge on any atom is 0.274 e. The Labute approximate surface area is 111 Å². The first-order chi connectivity index (χ1) is 9.34. The molecule has 0 atom stereocenters. The first kappa shape index (κ1) is 11.9. The maximum absolute atomic E-state index is 12.1. The number of hydrogen-bond donors (Lipinski definition) is 2. The molecular weight excluding hydrogens is 242 g/mol. The fourth-order valence-corrected chi connectivity index (χ4v) is 2.18. The molecule has 0 radical (unpaired) electrons. The second-order valence-electron chi connectivity index (χ2n) is 4.53. The van der Waals surface area contributed by atoms with E-state index in [9.17, 15) is 4.79 Å². The zero-order valence-corrected chi connectivity index (χ0v) is 10.5. The highest BCUT2D eigenvalue weighted by Gasteiger charge is 2.23. The van der Waals surface area contributed by atoms with Crippen LogP contribution in [0.2, 0.25) is 0 Å². The van der Waals surface area contributed by atoms with Gasteiger partial charge in [0, 0.05) is 31.6 Å². The predicted molar refractivity (Wildman–Crippen MR) is 69.5 cm³/mol. The molecule has 1 aliphatic heterocycles. The van der Waals surface area contributed by atoms with E-state index < -0.39 is 0 Å². The molecule has 19 heavy (non-hydrogen) atoms. The third kappa shape index (κ3) is 2.51. The molecule has 2 heterocycles. The van der Waals surface area contributed by atoms with Gasteiger partial charge in [0.25, 0.3) is 5.91 Å². The average Bonchev–Trinajstić information content (AvgIpc) is 2.90. The van der Waals surface area contributed by atoms with E-state index in [0.29, 0.717) is 18.8 Å². The van der Waals surface area contributed by atoms with E-state index in [1.165, 1.54) is 0 Å². The number of aromatic nitrogens is 1. The van der Waals surface area contributed by atoms with Gasteiger partial charge in [0.05, 0.1) is 0 Å². The molecule has 1 amide bonds. The van der Waals surface area contributed by atoms with Crippen LogP contribution < -0.4 is 10.6 Å². The minimum atomic E-state index is -0.183. The van der Waals surface area contributed by atoms with Gasteiger partial charge in [-0.25, -0.2) is 0 Å². The van der Waals surface area contributed by atoms with Crippen molar-refractivity contribution in [3.05, 3.63) is 52.9 Å². The molecule has 1 aromatic heterocycles. The molecule has 2 N–H and O–H groups in total. The summed E-state index contributed by atoms with van der Waals surface area (Å²) in [6, 6.07) is 9.79. The Kier molecular flexibility index (Phi) is 3.29. The number of nitrogens with one attached hydrogen (secondary N) is 2. The van der Waals surface area contributed by atoms with Crippen molar-refractivity contribution in [3.8, 4) is 0 Å². The normalized spacial score (nSPS) is 13.9. The van der Waals surface area contributed by atoms with Crippen molar-refractivity contribution in [2.24, 2.45) is 0 Å². The van der Waals surface area contributed by atoms with Crippen molar-refractivity contribution in [2.75, 3.05) is 6.54 Å². The number of hydrogen-bond acceptors (Lipinski definition) is 4. The highest BCUT2D eigenvalue weighted by atomic mass is 16.5. The average molecular weight is 257 g/mol. The molecule has 0 bridgehead atoms. The fraction of sp³-hybridized carbons (Fsp3) is 0.286. The smallest absolute Gasteiger partial charge is 0.274 e. The van der Waals surface area contributed by atoms with Crippen LogP contribution in [-0.4, -0.2) is 17.6 Å². The largest absolute Gasteiger partial charge is 0.360 e. The van der Waals surface area contributed by atoms with E-state index in [1.807, 2.05) is 30.3 Å². The minimum Gasteiger partial charge on any atom is -0.360 e. The van der Waals surface area contributed by atoms with E-state index in [1.54, 1.807) is 0 Å². The monoisotopic (exact) mass is 257 g/mol. The second-order valence-corrected chi connectivity index (χ2v) is 4.53. The second kappa shape index (κ2) is 5.24. The summed E-state index contributed by atoms with van der Waals surface area (Å²) in [5.74, 6) is 0.640. The quantitative estimate of drug-likeness (QED) is 0.868. The van der Waals surface area contributed by atoms with E-state index >= 15 is 0 Å². The maximum atomic E-state index is 12.1. The number of nitrogens with zero attached hydrogens (tertiary/aromatic N) is 1. The third-order valence-corrected chi connectivity index (χ3v) is 3.21. The van der Waals surface area contributed by atoms with Crippen LogP contribution >= 0.6 is 0 Å². The summed E-state index contributed by atoms with van der Waals surface area (Å²) in [6.07, 6.45) is 0.786. The van der Waals surface area contributed by atoms with Gasteiger partial charge in [0.15, 0.2) is 5.69 Å². The molecule has 5 heteroatoms. The zero-order chi connectivity index (χ0) is 13.1. The Hall–Kier alpha value is -2.14. The number of rotatable bonds is 3. The van der Waals surface area contributed by atoms with E-state index in [2.05, 4.69) is 15.8 Å². The van der Waals surface area contributed by atoms with Crippen molar-refractivity contribution >= 4 is 5.91 Å². The molecule has 0 fully saturated rings. The Morgan fingerprint density at radius 2 is 2.21 bits per heavy atom. The van der Waals surface area contributed by atoms with Crippen molar-refractivity contribution in [1.82, 2.24) is 15.8 Å². The minimum absolute atomic E-state index is 0.183. The SMILES string of the molecule is O=C(NCc1ccccc1)c1noc2c1CNCC2. The summed E-state index contributed by atoms with van der Waals surface area (Å²) in [7, 11) is 0. The summed E-state index contributed by atoms with van der Waals surface area (Å²) in [5, 5.41) is 9.96. The Morgan fingerprint density at radius 3 is 3.05 bits per heavy atom. The van der Waals surface area contributed by atoms with E-state index in [-0.39, 0.29) is 5.91 Å². The van der Waals surface area contributed by atoms with Gasteiger partial charge in [-0.1, -0.05) is 35.5 Å². The van der Waals surface area contributed by atoms with Crippen LogP contribution in [-0.2, 0) is 19.5 Å².